The number of hydrogen-bond acceptors (Lipinski definition) is 3. The Hall–Kier alpha value is -1.62. The molecule has 2 rings (SSSR count). The van der Waals surface area contributed by atoms with E-state index in [1.807, 2.05) is 31.3 Å². The summed E-state index contributed by atoms with van der Waals surface area (Å²) >= 11 is 0. The highest BCUT2D eigenvalue weighted by atomic mass is 16.1. The molecular formula is C14H22N4O. The fraction of sp³-hybridized carbons (Fsp3) is 0.571. The maximum Gasteiger partial charge on any atom is 0.243 e. The van der Waals surface area contributed by atoms with Crippen molar-refractivity contribution in [2.75, 3.05) is 27.2 Å². The van der Waals surface area contributed by atoms with Crippen molar-refractivity contribution in [2.45, 2.75) is 19.3 Å². The van der Waals surface area contributed by atoms with Crippen molar-refractivity contribution in [3.8, 4) is 0 Å². The van der Waals surface area contributed by atoms with Gasteiger partial charge in [0.25, 0.3) is 0 Å². The number of carbonyl (C=O) groups is 1. The van der Waals surface area contributed by atoms with E-state index in [-0.39, 0.29) is 5.91 Å². The fourth-order valence-electron chi connectivity index (χ4n) is 2.33. The standard InChI is InChI=1S/C14H22N4O/c1-18(2)7-3-4-14(19)15-9-11-5-6-12-10-16-17-13(12)8-11/h3-4,10-11H,5-9H2,1-2H3,(H,15,19)(H,16,17)/b4-3+. The highest BCUT2D eigenvalue weighted by molar-refractivity contribution is 5.87. The molecule has 0 saturated carbocycles. The van der Waals surface area contributed by atoms with E-state index in [0.717, 1.165) is 32.4 Å². The lowest BCUT2D eigenvalue weighted by molar-refractivity contribution is -0.116. The molecule has 0 fully saturated rings. The molecule has 0 aromatic carbocycles. The first-order valence-electron chi connectivity index (χ1n) is 6.75. The Kier molecular flexibility index (Phi) is 4.74. The van der Waals surface area contributed by atoms with Crippen LogP contribution >= 0.6 is 0 Å². The highest BCUT2D eigenvalue weighted by Gasteiger charge is 2.20. The molecule has 1 aromatic rings. The molecule has 1 heterocycles. The van der Waals surface area contributed by atoms with Gasteiger partial charge >= 0.3 is 0 Å². The van der Waals surface area contributed by atoms with E-state index in [4.69, 9.17) is 0 Å². The highest BCUT2D eigenvalue weighted by Crippen LogP contribution is 2.22. The third-order valence-electron chi connectivity index (χ3n) is 3.43. The van der Waals surface area contributed by atoms with Crippen molar-refractivity contribution in [1.29, 1.82) is 0 Å². The predicted molar refractivity (Wildman–Crippen MR) is 74.8 cm³/mol. The van der Waals surface area contributed by atoms with Gasteiger partial charge in [0.15, 0.2) is 0 Å². The van der Waals surface area contributed by atoms with Crippen molar-refractivity contribution in [3.05, 3.63) is 29.6 Å². The van der Waals surface area contributed by atoms with Crippen LogP contribution in [-0.4, -0.2) is 48.2 Å². The smallest absolute Gasteiger partial charge is 0.243 e. The summed E-state index contributed by atoms with van der Waals surface area (Å²) in [6.07, 6.45) is 8.57. The van der Waals surface area contributed by atoms with Gasteiger partial charge in [-0.05, 0) is 44.8 Å². The number of fused-ring (bicyclic) bond motifs is 1. The molecule has 104 valence electrons. The summed E-state index contributed by atoms with van der Waals surface area (Å²) in [6.45, 7) is 1.53. The summed E-state index contributed by atoms with van der Waals surface area (Å²) < 4.78 is 0. The molecule has 5 nitrogen and oxygen atoms in total. The van der Waals surface area contributed by atoms with Crippen LogP contribution in [0.1, 0.15) is 17.7 Å². The normalized spacial score (nSPS) is 18.8. The Morgan fingerprint density at radius 1 is 1.63 bits per heavy atom. The zero-order valence-electron chi connectivity index (χ0n) is 11.6. The first-order chi connectivity index (χ1) is 9.15. The summed E-state index contributed by atoms with van der Waals surface area (Å²) in [6, 6.07) is 0. The Labute approximate surface area is 114 Å². The van der Waals surface area contributed by atoms with Gasteiger partial charge in [0, 0.05) is 24.9 Å². The van der Waals surface area contributed by atoms with Crippen LogP contribution in [0.15, 0.2) is 18.3 Å². The van der Waals surface area contributed by atoms with Gasteiger partial charge in [-0.15, -0.1) is 0 Å². The molecule has 0 radical (unpaired) electrons. The molecule has 5 heteroatoms. The van der Waals surface area contributed by atoms with Crippen LogP contribution in [0, 0.1) is 5.92 Å². The van der Waals surface area contributed by atoms with Crippen LogP contribution in [0.4, 0.5) is 0 Å². The number of rotatable bonds is 5. The Morgan fingerprint density at radius 2 is 2.47 bits per heavy atom. The average molecular weight is 262 g/mol. The van der Waals surface area contributed by atoms with E-state index < -0.39 is 0 Å². The molecule has 1 aliphatic carbocycles. The van der Waals surface area contributed by atoms with E-state index in [9.17, 15) is 4.79 Å². The summed E-state index contributed by atoms with van der Waals surface area (Å²) in [5.74, 6) is 0.511. The zero-order valence-corrected chi connectivity index (χ0v) is 11.6. The van der Waals surface area contributed by atoms with E-state index >= 15 is 0 Å². The fourth-order valence-corrected chi connectivity index (χ4v) is 2.33. The number of aromatic nitrogens is 2. The summed E-state index contributed by atoms with van der Waals surface area (Å²) in [5, 5.41) is 10.1. The van der Waals surface area contributed by atoms with Crippen LogP contribution < -0.4 is 5.32 Å². The molecule has 0 bridgehead atoms. The molecule has 1 atom stereocenters. The predicted octanol–water partition coefficient (Wildman–Crippen LogP) is 0.749. The third kappa shape index (κ3) is 4.21. The van der Waals surface area contributed by atoms with Crippen molar-refractivity contribution in [1.82, 2.24) is 20.4 Å². The zero-order chi connectivity index (χ0) is 13.7. The molecule has 0 spiro atoms. The monoisotopic (exact) mass is 262 g/mol. The molecule has 1 aliphatic rings. The van der Waals surface area contributed by atoms with Gasteiger partial charge in [-0.3, -0.25) is 9.89 Å². The minimum atomic E-state index is -0.00254. The Morgan fingerprint density at radius 3 is 3.26 bits per heavy atom. The van der Waals surface area contributed by atoms with Gasteiger partial charge in [0.1, 0.15) is 0 Å². The topological polar surface area (TPSA) is 61.0 Å². The van der Waals surface area contributed by atoms with Gasteiger partial charge in [-0.25, -0.2) is 0 Å². The molecule has 0 aliphatic heterocycles. The first-order valence-corrected chi connectivity index (χ1v) is 6.75. The molecule has 1 aromatic heterocycles. The van der Waals surface area contributed by atoms with Crippen molar-refractivity contribution in [2.24, 2.45) is 5.92 Å². The lowest BCUT2D eigenvalue weighted by Gasteiger charge is -2.21. The van der Waals surface area contributed by atoms with Crippen molar-refractivity contribution >= 4 is 5.91 Å². The lowest BCUT2D eigenvalue weighted by Crippen LogP contribution is -2.31. The maximum atomic E-state index is 11.6. The second-order valence-corrected chi connectivity index (χ2v) is 5.39. The number of aromatic amines is 1. The number of nitrogens with zero attached hydrogens (tertiary/aromatic N) is 2. The van der Waals surface area contributed by atoms with E-state index in [2.05, 4.69) is 15.5 Å². The number of hydrogen-bond donors (Lipinski definition) is 2. The number of amides is 1. The second kappa shape index (κ2) is 6.52. The van der Waals surface area contributed by atoms with E-state index in [1.165, 1.54) is 11.3 Å². The Balaban J connectivity index is 1.72. The summed E-state index contributed by atoms with van der Waals surface area (Å²) in [5.41, 5.74) is 2.56. The van der Waals surface area contributed by atoms with Gasteiger partial charge < -0.3 is 10.2 Å². The first kappa shape index (κ1) is 13.8. The van der Waals surface area contributed by atoms with Gasteiger partial charge in [-0.2, -0.15) is 5.10 Å². The summed E-state index contributed by atoms with van der Waals surface area (Å²) in [7, 11) is 3.96. The number of likely N-dealkylation sites (N-methyl/N-ethyl adjacent to an activating group) is 1. The number of aryl methyl sites for hydroxylation is 1. The van der Waals surface area contributed by atoms with E-state index in [0.29, 0.717) is 5.92 Å². The minimum absolute atomic E-state index is 0.00254. The average Bonchev–Trinajstić information content (AvgIpc) is 2.83. The van der Waals surface area contributed by atoms with Gasteiger partial charge in [-0.1, -0.05) is 6.08 Å². The van der Waals surface area contributed by atoms with Gasteiger partial charge in [0.2, 0.25) is 5.91 Å². The van der Waals surface area contributed by atoms with Crippen molar-refractivity contribution < 1.29 is 4.79 Å². The summed E-state index contributed by atoms with van der Waals surface area (Å²) in [4.78, 5) is 13.6. The third-order valence-corrected chi connectivity index (χ3v) is 3.43. The quantitative estimate of drug-likeness (QED) is 0.770. The number of H-pyrrole nitrogens is 1. The van der Waals surface area contributed by atoms with Crippen LogP contribution in [0.5, 0.6) is 0 Å². The molecular weight excluding hydrogens is 240 g/mol. The molecule has 19 heavy (non-hydrogen) atoms. The minimum Gasteiger partial charge on any atom is -0.352 e. The lowest BCUT2D eigenvalue weighted by atomic mass is 9.88. The number of carbonyl (C=O) groups excluding carboxylic acids is 1. The van der Waals surface area contributed by atoms with Crippen LogP contribution in [-0.2, 0) is 17.6 Å². The largest absolute Gasteiger partial charge is 0.352 e. The van der Waals surface area contributed by atoms with E-state index in [1.54, 1.807) is 6.08 Å². The van der Waals surface area contributed by atoms with Gasteiger partial charge in [0.05, 0.1) is 6.20 Å². The van der Waals surface area contributed by atoms with Crippen molar-refractivity contribution in [3.63, 3.8) is 0 Å². The van der Waals surface area contributed by atoms with Crippen LogP contribution in [0.3, 0.4) is 0 Å². The molecule has 1 amide bonds. The molecule has 2 N–H and O–H groups in total. The SMILES string of the molecule is CN(C)C/C=C/C(=O)NCC1CCc2cn[nH]c2C1. The van der Waals surface area contributed by atoms with Crippen LogP contribution in [0.2, 0.25) is 0 Å². The number of nitrogens with one attached hydrogen (secondary N) is 2. The maximum absolute atomic E-state index is 11.6. The second-order valence-electron chi connectivity index (χ2n) is 5.39. The molecule has 1 unspecified atom stereocenters. The Bertz CT molecular complexity index is 450. The molecule has 0 saturated heterocycles. The van der Waals surface area contributed by atoms with Crippen LogP contribution in [0.25, 0.3) is 0 Å².